The third-order valence-electron chi connectivity index (χ3n) is 4.64. The Labute approximate surface area is 115 Å². The largest absolute Gasteiger partial charge is 0.361 e. The molecule has 2 unspecified atom stereocenters. The predicted molar refractivity (Wildman–Crippen MR) is 81.1 cm³/mol. The van der Waals surface area contributed by atoms with Gasteiger partial charge in [-0.25, -0.2) is 0 Å². The summed E-state index contributed by atoms with van der Waals surface area (Å²) in [5.41, 5.74) is 2.61. The lowest BCUT2D eigenvalue weighted by Crippen LogP contribution is -2.29. The molecular weight excluding hydrogens is 232 g/mol. The maximum absolute atomic E-state index is 3.64. The summed E-state index contributed by atoms with van der Waals surface area (Å²) in [6.07, 6.45) is 7.68. The predicted octanol–water partition coefficient (Wildman–Crippen LogP) is 4.08. The van der Waals surface area contributed by atoms with Gasteiger partial charge in [0.05, 0.1) is 0 Å². The van der Waals surface area contributed by atoms with E-state index in [9.17, 15) is 0 Å². The normalized spacial score (nSPS) is 23.8. The topological polar surface area (TPSA) is 27.8 Å². The van der Waals surface area contributed by atoms with Crippen molar-refractivity contribution in [1.29, 1.82) is 0 Å². The van der Waals surface area contributed by atoms with Crippen molar-refractivity contribution in [2.45, 2.75) is 39.2 Å². The summed E-state index contributed by atoms with van der Waals surface area (Å²) >= 11 is 0. The molecule has 0 radical (unpaired) electrons. The van der Waals surface area contributed by atoms with Gasteiger partial charge in [-0.05, 0) is 47.9 Å². The van der Waals surface area contributed by atoms with Crippen LogP contribution in [0.5, 0.6) is 0 Å². The van der Waals surface area contributed by atoms with Crippen LogP contribution in [0.3, 0.4) is 0 Å². The fourth-order valence-electron chi connectivity index (χ4n) is 3.30. The van der Waals surface area contributed by atoms with Gasteiger partial charge in [0.2, 0.25) is 0 Å². The molecule has 2 nitrogen and oxygen atoms in total. The number of benzene rings is 1. The van der Waals surface area contributed by atoms with Gasteiger partial charge in [-0.15, -0.1) is 0 Å². The van der Waals surface area contributed by atoms with E-state index < -0.39 is 0 Å². The zero-order valence-corrected chi connectivity index (χ0v) is 11.8. The van der Waals surface area contributed by atoms with Crippen LogP contribution in [0.15, 0.2) is 30.5 Å². The summed E-state index contributed by atoms with van der Waals surface area (Å²) in [5.74, 6) is 1.77. The first-order valence-electron chi connectivity index (χ1n) is 7.59. The average molecular weight is 256 g/mol. The van der Waals surface area contributed by atoms with E-state index in [2.05, 4.69) is 41.5 Å². The minimum atomic E-state index is 0.878. The van der Waals surface area contributed by atoms with Crippen molar-refractivity contribution in [2.24, 2.45) is 11.8 Å². The van der Waals surface area contributed by atoms with E-state index in [-0.39, 0.29) is 0 Å². The Morgan fingerprint density at radius 3 is 3.00 bits per heavy atom. The molecule has 2 aromatic rings. The summed E-state index contributed by atoms with van der Waals surface area (Å²) in [6, 6.07) is 8.81. The van der Waals surface area contributed by atoms with Crippen molar-refractivity contribution in [3.8, 4) is 0 Å². The number of rotatable bonds is 4. The Balaban J connectivity index is 1.53. The molecule has 1 aromatic carbocycles. The lowest BCUT2D eigenvalue weighted by molar-refractivity contribution is 0.247. The number of hydrogen-bond donors (Lipinski definition) is 2. The van der Waals surface area contributed by atoms with Gasteiger partial charge >= 0.3 is 0 Å². The van der Waals surface area contributed by atoms with Crippen LogP contribution in [-0.2, 0) is 6.54 Å². The lowest BCUT2D eigenvalue weighted by Gasteiger charge is -2.28. The molecule has 0 spiro atoms. The van der Waals surface area contributed by atoms with Crippen molar-refractivity contribution >= 4 is 10.9 Å². The van der Waals surface area contributed by atoms with Crippen LogP contribution < -0.4 is 5.32 Å². The molecule has 19 heavy (non-hydrogen) atoms. The standard InChI is InChI=1S/C17H24N2/c1-13-4-2-3-5-16(13)12-18-11-14-6-7-15-8-9-19-17(15)10-14/h6-10,13,16,18-19H,2-5,11-12H2,1H3. The first-order chi connectivity index (χ1) is 9.33. The molecule has 0 bridgehead atoms. The molecule has 2 N–H and O–H groups in total. The third kappa shape index (κ3) is 3.01. The molecule has 0 aliphatic heterocycles. The molecule has 0 saturated heterocycles. The highest BCUT2D eigenvalue weighted by Gasteiger charge is 2.20. The second-order valence-corrected chi connectivity index (χ2v) is 6.05. The second kappa shape index (κ2) is 5.79. The van der Waals surface area contributed by atoms with Crippen LogP contribution in [0.2, 0.25) is 0 Å². The number of H-pyrrole nitrogens is 1. The molecule has 1 aliphatic carbocycles. The number of nitrogens with one attached hydrogen (secondary N) is 2. The smallest absolute Gasteiger partial charge is 0.0457 e. The molecular formula is C17H24N2. The number of aromatic nitrogens is 1. The molecule has 1 saturated carbocycles. The Morgan fingerprint density at radius 1 is 1.21 bits per heavy atom. The summed E-state index contributed by atoms with van der Waals surface area (Å²) in [5, 5.41) is 4.94. The molecule has 1 fully saturated rings. The molecule has 3 rings (SSSR count). The summed E-state index contributed by atoms with van der Waals surface area (Å²) in [6.45, 7) is 4.57. The maximum atomic E-state index is 3.64. The number of fused-ring (bicyclic) bond motifs is 1. The zero-order chi connectivity index (χ0) is 13.1. The molecule has 1 aliphatic rings. The maximum Gasteiger partial charge on any atom is 0.0457 e. The second-order valence-electron chi connectivity index (χ2n) is 6.05. The van der Waals surface area contributed by atoms with Gasteiger partial charge in [-0.3, -0.25) is 0 Å². The SMILES string of the molecule is CC1CCCCC1CNCc1ccc2cc[nH]c2c1. The van der Waals surface area contributed by atoms with Crippen LogP contribution in [0.1, 0.15) is 38.2 Å². The van der Waals surface area contributed by atoms with Crippen molar-refractivity contribution in [1.82, 2.24) is 10.3 Å². The van der Waals surface area contributed by atoms with Crippen LogP contribution in [0, 0.1) is 11.8 Å². The van der Waals surface area contributed by atoms with Crippen LogP contribution in [0.25, 0.3) is 10.9 Å². The van der Waals surface area contributed by atoms with Gasteiger partial charge < -0.3 is 10.3 Å². The van der Waals surface area contributed by atoms with Crippen LogP contribution >= 0.6 is 0 Å². The molecule has 102 valence electrons. The average Bonchev–Trinajstić information content (AvgIpc) is 2.88. The van der Waals surface area contributed by atoms with Gasteiger partial charge in [0.25, 0.3) is 0 Å². The molecule has 2 atom stereocenters. The van der Waals surface area contributed by atoms with Gasteiger partial charge in [0, 0.05) is 18.3 Å². The van der Waals surface area contributed by atoms with E-state index in [1.165, 1.54) is 48.7 Å². The van der Waals surface area contributed by atoms with E-state index in [1.54, 1.807) is 0 Å². The van der Waals surface area contributed by atoms with E-state index >= 15 is 0 Å². The van der Waals surface area contributed by atoms with Crippen molar-refractivity contribution in [3.63, 3.8) is 0 Å². The van der Waals surface area contributed by atoms with E-state index in [4.69, 9.17) is 0 Å². The molecule has 1 heterocycles. The highest BCUT2D eigenvalue weighted by Crippen LogP contribution is 2.28. The van der Waals surface area contributed by atoms with Crippen LogP contribution in [-0.4, -0.2) is 11.5 Å². The zero-order valence-electron chi connectivity index (χ0n) is 11.8. The summed E-state index contributed by atoms with van der Waals surface area (Å²) < 4.78 is 0. The molecule has 1 aromatic heterocycles. The van der Waals surface area contributed by atoms with Gasteiger partial charge in [-0.1, -0.05) is 38.3 Å². The minimum absolute atomic E-state index is 0.878. The fraction of sp³-hybridized carbons (Fsp3) is 0.529. The first kappa shape index (κ1) is 12.7. The number of hydrogen-bond acceptors (Lipinski definition) is 1. The summed E-state index contributed by atoms with van der Waals surface area (Å²) in [7, 11) is 0. The van der Waals surface area contributed by atoms with E-state index in [0.717, 1.165) is 18.4 Å². The van der Waals surface area contributed by atoms with E-state index in [0.29, 0.717) is 0 Å². The van der Waals surface area contributed by atoms with Crippen LogP contribution in [0.4, 0.5) is 0 Å². The highest BCUT2D eigenvalue weighted by atomic mass is 14.9. The number of aromatic amines is 1. The van der Waals surface area contributed by atoms with Gasteiger partial charge in [0.1, 0.15) is 0 Å². The van der Waals surface area contributed by atoms with Crippen molar-refractivity contribution < 1.29 is 0 Å². The Morgan fingerprint density at radius 2 is 2.11 bits per heavy atom. The quantitative estimate of drug-likeness (QED) is 0.847. The molecule has 0 amide bonds. The highest BCUT2D eigenvalue weighted by molar-refractivity contribution is 5.79. The van der Waals surface area contributed by atoms with Crippen molar-refractivity contribution in [2.75, 3.05) is 6.54 Å². The van der Waals surface area contributed by atoms with Gasteiger partial charge in [0.15, 0.2) is 0 Å². The third-order valence-corrected chi connectivity index (χ3v) is 4.64. The lowest BCUT2D eigenvalue weighted by atomic mass is 9.80. The monoisotopic (exact) mass is 256 g/mol. The fourth-order valence-corrected chi connectivity index (χ4v) is 3.30. The Hall–Kier alpha value is -1.28. The van der Waals surface area contributed by atoms with Crippen molar-refractivity contribution in [3.05, 3.63) is 36.0 Å². The van der Waals surface area contributed by atoms with E-state index in [1.807, 2.05) is 6.20 Å². The van der Waals surface area contributed by atoms with Gasteiger partial charge in [-0.2, -0.15) is 0 Å². The summed E-state index contributed by atoms with van der Waals surface area (Å²) in [4.78, 5) is 3.28. The first-order valence-corrected chi connectivity index (χ1v) is 7.59. The Bertz CT molecular complexity index is 529. The Kier molecular flexibility index (Phi) is 3.88. The molecule has 2 heteroatoms. The minimum Gasteiger partial charge on any atom is -0.361 e.